The summed E-state index contributed by atoms with van der Waals surface area (Å²) < 4.78 is 3.49. The number of rotatable bonds is 2. The van der Waals surface area contributed by atoms with Gasteiger partial charge >= 0.3 is 101 Å². The van der Waals surface area contributed by atoms with Gasteiger partial charge in [0.05, 0.1) is 0 Å². The predicted molar refractivity (Wildman–Crippen MR) is 67.6 cm³/mol. The molecule has 0 aliphatic rings. The Morgan fingerprint density at radius 2 is 1.81 bits per heavy atom. The van der Waals surface area contributed by atoms with Gasteiger partial charge in [0.2, 0.25) is 0 Å². The fraction of sp³-hybridized carbons (Fsp3) is 0.333. The number of aromatic nitrogens is 1. The minimum absolute atomic E-state index is 0.150. The van der Waals surface area contributed by atoms with Crippen LogP contribution in [0.25, 0.3) is 6.08 Å². The molecule has 1 aromatic heterocycles. The molecule has 0 N–H and O–H groups in total. The molecule has 0 atom stereocenters. The first kappa shape index (κ1) is 12.9. The summed E-state index contributed by atoms with van der Waals surface area (Å²) in [6.45, 7) is 0. The number of nitriles is 2. The molecule has 0 spiro atoms. The van der Waals surface area contributed by atoms with Crippen molar-refractivity contribution in [1.82, 2.24) is 4.57 Å². The molecule has 0 fully saturated rings. The Bertz CT molecular complexity index is 488. The molecule has 1 aromatic rings. The Balaban J connectivity index is 3.23. The topological polar surface area (TPSA) is 52.5 Å². The van der Waals surface area contributed by atoms with Gasteiger partial charge in [-0.2, -0.15) is 0 Å². The molecule has 3 nitrogen and oxygen atoms in total. The van der Waals surface area contributed by atoms with E-state index in [0.29, 0.717) is 0 Å². The molecule has 0 unspecified atom stereocenters. The van der Waals surface area contributed by atoms with Crippen molar-refractivity contribution in [3.8, 4) is 12.1 Å². The molecule has 4 heteroatoms. The van der Waals surface area contributed by atoms with E-state index in [1.54, 1.807) is 6.08 Å². The van der Waals surface area contributed by atoms with Crippen LogP contribution < -0.4 is 3.71 Å². The van der Waals surface area contributed by atoms with Crippen molar-refractivity contribution in [2.45, 2.75) is 14.8 Å². The second-order valence-electron chi connectivity index (χ2n) is 4.73. The van der Waals surface area contributed by atoms with Crippen molar-refractivity contribution >= 4 is 28.2 Å². The van der Waals surface area contributed by atoms with E-state index in [9.17, 15) is 0 Å². The zero-order chi connectivity index (χ0) is 12.3. The molecule has 0 aliphatic carbocycles. The predicted octanol–water partition coefficient (Wildman–Crippen LogP) is 2.00. The standard InChI is InChI=1S/C9H6N3.3CH3.Sn/c1-12-4-2-3-9(12)5-8(6-10)7-11;;;;/h2-3,5H,1H3;3*1H3;. The van der Waals surface area contributed by atoms with E-state index in [-0.39, 0.29) is 5.57 Å². The summed E-state index contributed by atoms with van der Waals surface area (Å²) in [5.41, 5.74) is 1.08. The molecular formula is C12H15N3Sn. The van der Waals surface area contributed by atoms with Crippen LogP contribution in [-0.4, -0.2) is 22.9 Å². The van der Waals surface area contributed by atoms with Crippen molar-refractivity contribution < 1.29 is 0 Å². The Morgan fingerprint density at radius 1 is 1.25 bits per heavy atom. The zero-order valence-electron chi connectivity index (χ0n) is 10.1. The molecule has 82 valence electrons. The Hall–Kier alpha value is -1.20. The van der Waals surface area contributed by atoms with Gasteiger partial charge < -0.3 is 0 Å². The Morgan fingerprint density at radius 3 is 2.19 bits per heavy atom. The first-order chi connectivity index (χ1) is 7.40. The molecule has 1 rings (SSSR count). The van der Waals surface area contributed by atoms with Crippen LogP contribution in [-0.2, 0) is 7.05 Å². The normalized spacial score (nSPS) is 10.4. The summed E-state index contributed by atoms with van der Waals surface area (Å²) in [6, 6.07) is 7.86. The third kappa shape index (κ3) is 2.68. The fourth-order valence-electron chi connectivity index (χ4n) is 1.66. The number of hydrogen-bond acceptors (Lipinski definition) is 2. The van der Waals surface area contributed by atoms with Gasteiger partial charge in [0.25, 0.3) is 0 Å². The van der Waals surface area contributed by atoms with Crippen LogP contribution in [0.1, 0.15) is 5.69 Å². The van der Waals surface area contributed by atoms with E-state index in [2.05, 4.69) is 25.5 Å². The zero-order valence-corrected chi connectivity index (χ0v) is 12.9. The quantitative estimate of drug-likeness (QED) is 0.618. The van der Waals surface area contributed by atoms with Gasteiger partial charge in [0.15, 0.2) is 0 Å². The summed E-state index contributed by atoms with van der Waals surface area (Å²) in [4.78, 5) is 7.02. The van der Waals surface area contributed by atoms with Crippen molar-refractivity contribution in [3.63, 3.8) is 0 Å². The molecular weight excluding hydrogens is 305 g/mol. The van der Waals surface area contributed by atoms with E-state index < -0.39 is 18.4 Å². The average molecular weight is 320 g/mol. The first-order valence-electron chi connectivity index (χ1n) is 5.08. The van der Waals surface area contributed by atoms with E-state index >= 15 is 0 Å². The molecule has 0 bridgehead atoms. The van der Waals surface area contributed by atoms with Crippen LogP contribution in [0.5, 0.6) is 0 Å². The van der Waals surface area contributed by atoms with Crippen LogP contribution in [0.4, 0.5) is 0 Å². The van der Waals surface area contributed by atoms with E-state index in [1.807, 2.05) is 25.3 Å². The molecule has 16 heavy (non-hydrogen) atoms. The van der Waals surface area contributed by atoms with E-state index in [0.717, 1.165) is 5.69 Å². The third-order valence-electron chi connectivity index (χ3n) is 2.46. The van der Waals surface area contributed by atoms with Crippen LogP contribution in [0.15, 0.2) is 17.7 Å². The van der Waals surface area contributed by atoms with Crippen molar-refractivity contribution in [1.29, 1.82) is 10.5 Å². The van der Waals surface area contributed by atoms with E-state index in [1.165, 1.54) is 3.71 Å². The number of hydrogen-bond donors (Lipinski definition) is 0. The van der Waals surface area contributed by atoms with Crippen LogP contribution in [0.3, 0.4) is 0 Å². The number of nitrogens with zero attached hydrogens (tertiary/aromatic N) is 3. The van der Waals surface area contributed by atoms with Crippen LogP contribution >= 0.6 is 0 Å². The van der Waals surface area contributed by atoms with Crippen LogP contribution in [0.2, 0.25) is 14.8 Å². The Kier molecular flexibility index (Phi) is 3.83. The summed E-state index contributed by atoms with van der Waals surface area (Å²) >= 11 is -2.09. The maximum absolute atomic E-state index is 8.71. The number of allylic oxidation sites excluding steroid dienone is 1. The van der Waals surface area contributed by atoms with E-state index in [4.69, 9.17) is 10.5 Å². The second-order valence-corrected chi connectivity index (χ2v) is 19.0. The second kappa shape index (κ2) is 4.76. The van der Waals surface area contributed by atoms with Gasteiger partial charge in [-0.15, -0.1) is 0 Å². The minimum atomic E-state index is -2.09. The van der Waals surface area contributed by atoms with Gasteiger partial charge in [-0.1, -0.05) is 0 Å². The summed E-state index contributed by atoms with van der Waals surface area (Å²) in [5, 5.41) is 17.4. The van der Waals surface area contributed by atoms with Crippen molar-refractivity contribution in [3.05, 3.63) is 23.4 Å². The van der Waals surface area contributed by atoms with Crippen molar-refractivity contribution in [2.75, 3.05) is 0 Å². The molecule has 0 saturated carbocycles. The monoisotopic (exact) mass is 321 g/mol. The Labute approximate surface area is 100 Å². The van der Waals surface area contributed by atoms with Gasteiger partial charge in [-0.05, 0) is 0 Å². The summed E-state index contributed by atoms with van der Waals surface area (Å²) in [5.74, 6) is 0. The molecule has 0 saturated heterocycles. The molecule has 0 aliphatic heterocycles. The van der Waals surface area contributed by atoms with Gasteiger partial charge in [-0.25, -0.2) is 0 Å². The molecule has 0 amide bonds. The summed E-state index contributed by atoms with van der Waals surface area (Å²) in [7, 11) is 2.00. The van der Waals surface area contributed by atoms with Crippen molar-refractivity contribution in [2.24, 2.45) is 7.05 Å². The molecule has 1 heterocycles. The van der Waals surface area contributed by atoms with Gasteiger partial charge in [0, 0.05) is 0 Å². The first-order valence-corrected chi connectivity index (χ1v) is 15.1. The SMILES string of the molecule is Cn1c(C=C(C#N)C#N)cc[c]1[Sn]([CH3])([CH3])[CH3]. The fourth-order valence-corrected chi connectivity index (χ4v) is 6.57. The summed E-state index contributed by atoms with van der Waals surface area (Å²) in [6.07, 6.45) is 1.64. The third-order valence-corrected chi connectivity index (χ3v) is 8.28. The molecule has 0 radical (unpaired) electrons. The van der Waals surface area contributed by atoms with Gasteiger partial charge in [-0.3, -0.25) is 0 Å². The average Bonchev–Trinajstić information content (AvgIpc) is 2.56. The van der Waals surface area contributed by atoms with Gasteiger partial charge in [0.1, 0.15) is 0 Å². The molecule has 0 aromatic carbocycles. The maximum atomic E-state index is 8.71. The van der Waals surface area contributed by atoms with Crippen LogP contribution in [0, 0.1) is 22.7 Å².